The van der Waals surface area contributed by atoms with E-state index in [1.807, 2.05) is 0 Å². The zero-order valence-electron chi connectivity index (χ0n) is 16.4. The number of aliphatic hydroxyl groups is 1. The summed E-state index contributed by atoms with van der Waals surface area (Å²) in [6.07, 6.45) is 4.43. The van der Waals surface area contributed by atoms with Crippen molar-refractivity contribution in [3.63, 3.8) is 0 Å². The van der Waals surface area contributed by atoms with Crippen LogP contribution >= 0.6 is 0 Å². The minimum atomic E-state index is -0.909. The molecule has 3 rings (SSSR count). The van der Waals surface area contributed by atoms with E-state index in [1.54, 1.807) is 23.1 Å². The zero-order valence-corrected chi connectivity index (χ0v) is 16.4. The first-order chi connectivity index (χ1) is 14.4. The molecule has 3 aromatic rings. The van der Waals surface area contributed by atoms with Gasteiger partial charge in [0.2, 0.25) is 0 Å². The van der Waals surface area contributed by atoms with Gasteiger partial charge in [0.1, 0.15) is 5.82 Å². The first-order valence-corrected chi connectivity index (χ1v) is 8.95. The number of halogens is 2. The standard InChI is InChI=1S/C20H21F2N5O3/c1-29-16-7-17(30-2)19(22)14(18(16)21)6-15(23)13-5-11(8-25-20(13)24)12-9-26-27(10-12)3-4-28/h5,7-10,23,28H,3-4,6H2,1-2H3,(H2,24,25). The first kappa shape index (κ1) is 21.2. The molecule has 2 aromatic heterocycles. The summed E-state index contributed by atoms with van der Waals surface area (Å²) in [7, 11) is 2.51. The number of hydrogen-bond donors (Lipinski definition) is 3. The van der Waals surface area contributed by atoms with Gasteiger partial charge in [-0.05, 0) is 6.07 Å². The van der Waals surface area contributed by atoms with Gasteiger partial charge in [-0.3, -0.25) is 4.68 Å². The second kappa shape index (κ2) is 8.87. The van der Waals surface area contributed by atoms with E-state index in [1.165, 1.54) is 20.4 Å². The number of nitrogens with zero attached hydrogens (tertiary/aromatic N) is 3. The first-order valence-electron chi connectivity index (χ1n) is 8.95. The third kappa shape index (κ3) is 4.08. The molecule has 0 aliphatic heterocycles. The Kier molecular flexibility index (Phi) is 6.26. The van der Waals surface area contributed by atoms with E-state index < -0.39 is 11.6 Å². The van der Waals surface area contributed by atoms with Gasteiger partial charge >= 0.3 is 0 Å². The summed E-state index contributed by atoms with van der Waals surface area (Å²) in [6, 6.07) is 2.72. The Hall–Kier alpha value is -3.53. The van der Waals surface area contributed by atoms with E-state index in [9.17, 15) is 8.78 Å². The number of benzene rings is 1. The molecule has 0 radical (unpaired) electrons. The fourth-order valence-corrected chi connectivity index (χ4v) is 2.98. The minimum Gasteiger partial charge on any atom is -0.494 e. The van der Waals surface area contributed by atoms with Crippen LogP contribution in [-0.4, -0.2) is 46.4 Å². The second-order valence-electron chi connectivity index (χ2n) is 6.42. The van der Waals surface area contributed by atoms with Crippen molar-refractivity contribution in [3.8, 4) is 22.6 Å². The van der Waals surface area contributed by atoms with Gasteiger partial charge in [-0.2, -0.15) is 5.10 Å². The topological polar surface area (TPSA) is 119 Å². The highest BCUT2D eigenvalue weighted by molar-refractivity contribution is 6.04. The van der Waals surface area contributed by atoms with Gasteiger partial charge in [-0.1, -0.05) is 0 Å². The molecule has 30 heavy (non-hydrogen) atoms. The van der Waals surface area contributed by atoms with Gasteiger partial charge in [-0.15, -0.1) is 0 Å². The van der Waals surface area contributed by atoms with Crippen molar-refractivity contribution < 1.29 is 23.4 Å². The molecular weight excluding hydrogens is 396 g/mol. The maximum absolute atomic E-state index is 14.7. The number of hydrogen-bond acceptors (Lipinski definition) is 7. The molecule has 10 heteroatoms. The third-order valence-corrected chi connectivity index (χ3v) is 4.56. The number of ether oxygens (including phenoxy) is 2. The van der Waals surface area contributed by atoms with E-state index in [0.717, 1.165) is 6.07 Å². The lowest BCUT2D eigenvalue weighted by Gasteiger charge is -2.14. The predicted octanol–water partition coefficient (Wildman–Crippen LogP) is 2.43. The average molecular weight is 417 g/mol. The highest BCUT2D eigenvalue weighted by Gasteiger charge is 2.22. The summed E-state index contributed by atoms with van der Waals surface area (Å²) >= 11 is 0. The van der Waals surface area contributed by atoms with Gasteiger partial charge < -0.3 is 25.7 Å². The smallest absolute Gasteiger partial charge is 0.171 e. The number of nitrogens with two attached hydrogens (primary N) is 1. The molecule has 8 nitrogen and oxygen atoms in total. The van der Waals surface area contributed by atoms with Crippen molar-refractivity contribution in [1.82, 2.24) is 14.8 Å². The van der Waals surface area contributed by atoms with Crippen molar-refractivity contribution in [2.24, 2.45) is 0 Å². The van der Waals surface area contributed by atoms with Crippen LogP contribution in [0.3, 0.4) is 0 Å². The minimum absolute atomic E-state index is 0.0574. The van der Waals surface area contributed by atoms with Crippen LogP contribution in [0.15, 0.2) is 30.7 Å². The molecule has 0 unspecified atom stereocenters. The van der Waals surface area contributed by atoms with E-state index in [4.69, 9.17) is 25.7 Å². The summed E-state index contributed by atoms with van der Waals surface area (Å²) in [5, 5.41) is 21.5. The Morgan fingerprint density at radius 1 is 1.13 bits per heavy atom. The molecule has 0 aliphatic rings. The zero-order chi connectivity index (χ0) is 21.8. The Morgan fingerprint density at radius 3 is 2.40 bits per heavy atom. The van der Waals surface area contributed by atoms with Crippen LogP contribution in [0.5, 0.6) is 11.5 Å². The average Bonchev–Trinajstić information content (AvgIpc) is 3.20. The van der Waals surface area contributed by atoms with E-state index in [2.05, 4.69) is 10.1 Å². The Labute approximate surface area is 171 Å². The summed E-state index contributed by atoms with van der Waals surface area (Å²) in [4.78, 5) is 4.10. The van der Waals surface area contributed by atoms with Crippen molar-refractivity contribution in [1.29, 1.82) is 5.41 Å². The molecule has 0 spiro atoms. The molecule has 0 aliphatic carbocycles. The van der Waals surface area contributed by atoms with Gasteiger partial charge in [0.05, 0.1) is 33.6 Å². The van der Waals surface area contributed by atoms with Crippen molar-refractivity contribution in [2.45, 2.75) is 13.0 Å². The van der Waals surface area contributed by atoms with Crippen molar-refractivity contribution in [2.75, 3.05) is 26.6 Å². The highest BCUT2D eigenvalue weighted by Crippen LogP contribution is 2.32. The maximum Gasteiger partial charge on any atom is 0.171 e. The fourth-order valence-electron chi connectivity index (χ4n) is 2.98. The number of aromatic nitrogens is 3. The maximum atomic E-state index is 14.7. The van der Waals surface area contributed by atoms with Crippen LogP contribution in [0.4, 0.5) is 14.6 Å². The fraction of sp³-hybridized carbons (Fsp3) is 0.250. The second-order valence-corrected chi connectivity index (χ2v) is 6.42. The molecule has 158 valence electrons. The van der Waals surface area contributed by atoms with Crippen LogP contribution < -0.4 is 15.2 Å². The van der Waals surface area contributed by atoms with Gasteiger partial charge in [0.15, 0.2) is 23.1 Å². The quantitative estimate of drug-likeness (QED) is 0.484. The summed E-state index contributed by atoms with van der Waals surface area (Å²) in [6.45, 7) is 0.277. The normalized spacial score (nSPS) is 10.8. The van der Waals surface area contributed by atoms with Gasteiger partial charge in [-0.25, -0.2) is 13.8 Å². The lowest BCUT2D eigenvalue weighted by Crippen LogP contribution is -2.12. The van der Waals surface area contributed by atoms with Crippen LogP contribution in [0.1, 0.15) is 11.1 Å². The monoisotopic (exact) mass is 417 g/mol. The van der Waals surface area contributed by atoms with Gasteiger partial charge in [0, 0.05) is 52.8 Å². The van der Waals surface area contributed by atoms with Crippen molar-refractivity contribution in [3.05, 3.63) is 53.5 Å². The molecular formula is C20H21F2N5O3. The Morgan fingerprint density at radius 2 is 1.80 bits per heavy atom. The molecule has 1 aromatic carbocycles. The number of nitrogens with one attached hydrogen (secondary N) is 1. The van der Waals surface area contributed by atoms with Crippen LogP contribution in [0.2, 0.25) is 0 Å². The number of anilines is 1. The number of methoxy groups -OCH3 is 2. The summed E-state index contributed by atoms with van der Waals surface area (Å²) in [5.74, 6) is -2.14. The van der Waals surface area contributed by atoms with Crippen molar-refractivity contribution >= 4 is 11.5 Å². The van der Waals surface area contributed by atoms with E-state index >= 15 is 0 Å². The molecule has 0 atom stereocenters. The molecule has 0 saturated heterocycles. The van der Waals surface area contributed by atoms with E-state index in [0.29, 0.717) is 17.7 Å². The number of rotatable bonds is 8. The SMILES string of the molecule is COc1cc(OC)c(F)c(CC(=N)c2cc(-c3cnn(CCO)c3)cnc2N)c1F. The Balaban J connectivity index is 1.96. The summed E-state index contributed by atoms with van der Waals surface area (Å²) < 4.78 is 40.7. The lowest BCUT2D eigenvalue weighted by molar-refractivity contribution is 0.269. The third-order valence-electron chi connectivity index (χ3n) is 4.56. The molecule has 0 fully saturated rings. The summed E-state index contributed by atoms with van der Waals surface area (Å²) in [5.41, 5.74) is 6.99. The molecule has 0 saturated carbocycles. The molecule has 4 N–H and O–H groups in total. The van der Waals surface area contributed by atoms with Crippen LogP contribution in [0, 0.1) is 17.0 Å². The predicted molar refractivity (Wildman–Crippen MR) is 107 cm³/mol. The molecule has 0 amide bonds. The van der Waals surface area contributed by atoms with E-state index in [-0.39, 0.29) is 47.2 Å². The van der Waals surface area contributed by atoms with Gasteiger partial charge in [0.25, 0.3) is 0 Å². The highest BCUT2D eigenvalue weighted by atomic mass is 19.1. The largest absolute Gasteiger partial charge is 0.494 e. The lowest BCUT2D eigenvalue weighted by atomic mass is 9.99. The van der Waals surface area contributed by atoms with Crippen LogP contribution in [-0.2, 0) is 13.0 Å². The van der Waals surface area contributed by atoms with Crippen LogP contribution in [0.25, 0.3) is 11.1 Å². The number of aliphatic hydroxyl groups excluding tert-OH is 1. The number of nitrogen functional groups attached to an aromatic ring is 1. The molecule has 0 bridgehead atoms. The number of pyridine rings is 1. The Bertz CT molecular complexity index is 1060. The molecule has 2 heterocycles.